The average Bonchev–Trinajstić information content (AvgIpc) is 2.54. The van der Waals surface area contributed by atoms with Crippen LogP contribution in [0.15, 0.2) is 24.3 Å². The molecule has 4 heteroatoms. The van der Waals surface area contributed by atoms with Gasteiger partial charge in [-0.25, -0.2) is 0 Å². The van der Waals surface area contributed by atoms with Gasteiger partial charge < -0.3 is 19.9 Å². The molecule has 0 radical (unpaired) electrons. The van der Waals surface area contributed by atoms with Crippen molar-refractivity contribution in [3.05, 3.63) is 29.8 Å². The number of ether oxygens (including phenoxy) is 2. The second-order valence-corrected chi connectivity index (χ2v) is 5.77. The fourth-order valence-electron chi connectivity index (χ4n) is 2.80. The molecule has 21 heavy (non-hydrogen) atoms. The van der Waals surface area contributed by atoms with Gasteiger partial charge in [0.05, 0.1) is 6.61 Å². The molecule has 0 spiro atoms. The minimum atomic E-state index is 0.341. The summed E-state index contributed by atoms with van der Waals surface area (Å²) >= 11 is 0. The number of aliphatic hydroxyl groups is 1. The zero-order valence-corrected chi connectivity index (χ0v) is 12.9. The van der Waals surface area contributed by atoms with Gasteiger partial charge in [-0.3, -0.25) is 0 Å². The monoisotopic (exact) mass is 293 g/mol. The van der Waals surface area contributed by atoms with E-state index in [1.807, 2.05) is 12.1 Å². The van der Waals surface area contributed by atoms with Crippen LogP contribution in [0.25, 0.3) is 0 Å². The smallest absolute Gasteiger partial charge is 0.119 e. The molecule has 1 aliphatic carbocycles. The zero-order chi connectivity index (χ0) is 14.9. The summed E-state index contributed by atoms with van der Waals surface area (Å²) in [7, 11) is 1.68. The Morgan fingerprint density at radius 3 is 2.71 bits per heavy atom. The highest BCUT2D eigenvalue weighted by molar-refractivity contribution is 5.28. The van der Waals surface area contributed by atoms with Gasteiger partial charge in [0, 0.05) is 26.3 Å². The Bertz CT molecular complexity index is 403. The van der Waals surface area contributed by atoms with Crippen molar-refractivity contribution in [1.82, 2.24) is 5.32 Å². The molecule has 0 heterocycles. The lowest BCUT2D eigenvalue weighted by atomic mass is 9.86. The maximum absolute atomic E-state index is 9.16. The van der Waals surface area contributed by atoms with Crippen LogP contribution in [0.5, 0.6) is 5.75 Å². The van der Waals surface area contributed by atoms with E-state index in [2.05, 4.69) is 17.4 Å². The molecule has 0 unspecified atom stereocenters. The maximum Gasteiger partial charge on any atom is 0.119 e. The number of aliphatic hydroxyl groups excluding tert-OH is 1. The van der Waals surface area contributed by atoms with Crippen LogP contribution < -0.4 is 10.1 Å². The van der Waals surface area contributed by atoms with Crippen molar-refractivity contribution in [1.29, 1.82) is 0 Å². The Morgan fingerprint density at radius 1 is 1.19 bits per heavy atom. The van der Waals surface area contributed by atoms with E-state index in [1.165, 1.54) is 5.56 Å². The highest BCUT2D eigenvalue weighted by Gasteiger charge is 2.19. The van der Waals surface area contributed by atoms with Crippen LogP contribution in [0.4, 0.5) is 0 Å². The highest BCUT2D eigenvalue weighted by atomic mass is 16.5. The largest absolute Gasteiger partial charge is 0.491 e. The van der Waals surface area contributed by atoms with Gasteiger partial charge in [0.2, 0.25) is 0 Å². The van der Waals surface area contributed by atoms with Crippen molar-refractivity contribution in [2.75, 3.05) is 26.9 Å². The predicted molar refractivity (Wildman–Crippen MR) is 83.5 cm³/mol. The SMILES string of the molecule is COCCOc1cccc(CNC2CCC(CO)CC2)c1. The molecule has 1 saturated carbocycles. The van der Waals surface area contributed by atoms with Crippen LogP contribution in [0, 0.1) is 5.92 Å². The molecule has 118 valence electrons. The van der Waals surface area contributed by atoms with E-state index in [0.717, 1.165) is 38.0 Å². The standard InChI is InChI=1S/C17H27NO3/c1-20-9-10-21-17-4-2-3-15(11-17)12-18-16-7-5-14(13-19)6-8-16/h2-4,11,14,16,18-19H,5-10,12-13H2,1H3. The minimum Gasteiger partial charge on any atom is -0.491 e. The number of hydrogen-bond donors (Lipinski definition) is 2. The molecule has 0 atom stereocenters. The molecule has 0 saturated heterocycles. The molecule has 2 N–H and O–H groups in total. The lowest BCUT2D eigenvalue weighted by Gasteiger charge is -2.28. The third-order valence-electron chi connectivity index (χ3n) is 4.15. The van der Waals surface area contributed by atoms with E-state index >= 15 is 0 Å². The Morgan fingerprint density at radius 2 is 2.00 bits per heavy atom. The van der Waals surface area contributed by atoms with E-state index in [4.69, 9.17) is 14.6 Å². The summed E-state index contributed by atoms with van der Waals surface area (Å²) in [5, 5.41) is 12.8. The molecule has 4 nitrogen and oxygen atoms in total. The lowest BCUT2D eigenvalue weighted by Crippen LogP contribution is -2.33. The van der Waals surface area contributed by atoms with Crippen molar-refractivity contribution < 1.29 is 14.6 Å². The maximum atomic E-state index is 9.16. The van der Waals surface area contributed by atoms with Crippen LogP contribution in [0.1, 0.15) is 31.2 Å². The topological polar surface area (TPSA) is 50.7 Å². The number of nitrogens with one attached hydrogen (secondary N) is 1. The van der Waals surface area contributed by atoms with Crippen LogP contribution in [0.2, 0.25) is 0 Å². The van der Waals surface area contributed by atoms with Crippen molar-refractivity contribution >= 4 is 0 Å². The van der Waals surface area contributed by atoms with Gasteiger partial charge in [-0.05, 0) is 49.3 Å². The number of rotatable bonds is 8. The predicted octanol–water partition coefficient (Wildman–Crippen LogP) is 2.35. The molecular weight excluding hydrogens is 266 g/mol. The second kappa shape index (κ2) is 9.03. The molecule has 0 bridgehead atoms. The average molecular weight is 293 g/mol. The summed E-state index contributed by atoms with van der Waals surface area (Å²) < 4.78 is 10.6. The highest BCUT2D eigenvalue weighted by Crippen LogP contribution is 2.24. The zero-order valence-electron chi connectivity index (χ0n) is 12.9. The molecule has 1 aliphatic rings. The summed E-state index contributed by atoms with van der Waals surface area (Å²) in [5.74, 6) is 1.41. The molecule has 1 fully saturated rings. The molecule has 0 amide bonds. The van der Waals surface area contributed by atoms with Crippen LogP contribution >= 0.6 is 0 Å². The first kappa shape index (κ1) is 16.3. The van der Waals surface area contributed by atoms with Crippen LogP contribution in [-0.4, -0.2) is 38.1 Å². The third-order valence-corrected chi connectivity index (χ3v) is 4.15. The van der Waals surface area contributed by atoms with Crippen LogP contribution in [0.3, 0.4) is 0 Å². The first-order chi connectivity index (χ1) is 10.3. The third kappa shape index (κ3) is 5.65. The first-order valence-electron chi connectivity index (χ1n) is 7.86. The van der Waals surface area contributed by atoms with E-state index in [9.17, 15) is 0 Å². The minimum absolute atomic E-state index is 0.341. The second-order valence-electron chi connectivity index (χ2n) is 5.77. The van der Waals surface area contributed by atoms with Gasteiger partial charge in [-0.1, -0.05) is 12.1 Å². The van der Waals surface area contributed by atoms with E-state index in [0.29, 0.717) is 31.8 Å². The summed E-state index contributed by atoms with van der Waals surface area (Å²) in [6, 6.07) is 8.79. The Balaban J connectivity index is 1.74. The Kier molecular flexibility index (Phi) is 7.00. The molecule has 1 aromatic rings. The van der Waals surface area contributed by atoms with Gasteiger partial charge >= 0.3 is 0 Å². The Labute approximate surface area is 127 Å². The van der Waals surface area contributed by atoms with Gasteiger partial charge in [0.25, 0.3) is 0 Å². The normalized spacial score (nSPS) is 22.2. The van der Waals surface area contributed by atoms with E-state index < -0.39 is 0 Å². The lowest BCUT2D eigenvalue weighted by molar-refractivity contribution is 0.146. The summed E-state index contributed by atoms with van der Waals surface area (Å²) in [6.07, 6.45) is 4.59. The van der Waals surface area contributed by atoms with Crippen molar-refractivity contribution in [2.45, 2.75) is 38.3 Å². The molecular formula is C17H27NO3. The molecule has 0 aliphatic heterocycles. The van der Waals surface area contributed by atoms with Gasteiger partial charge in [-0.2, -0.15) is 0 Å². The fraction of sp³-hybridized carbons (Fsp3) is 0.647. The van der Waals surface area contributed by atoms with Gasteiger partial charge in [0.15, 0.2) is 0 Å². The van der Waals surface area contributed by atoms with Gasteiger partial charge in [0.1, 0.15) is 12.4 Å². The number of benzene rings is 1. The van der Waals surface area contributed by atoms with Gasteiger partial charge in [-0.15, -0.1) is 0 Å². The summed E-state index contributed by atoms with van der Waals surface area (Å²) in [5.41, 5.74) is 1.24. The molecule has 0 aromatic heterocycles. The quantitative estimate of drug-likeness (QED) is 0.722. The fourth-order valence-corrected chi connectivity index (χ4v) is 2.80. The van der Waals surface area contributed by atoms with Crippen molar-refractivity contribution in [2.24, 2.45) is 5.92 Å². The van der Waals surface area contributed by atoms with Crippen molar-refractivity contribution in [3.8, 4) is 5.75 Å². The number of methoxy groups -OCH3 is 1. The van der Waals surface area contributed by atoms with E-state index in [-0.39, 0.29) is 0 Å². The van der Waals surface area contributed by atoms with Crippen molar-refractivity contribution in [3.63, 3.8) is 0 Å². The first-order valence-corrected chi connectivity index (χ1v) is 7.86. The molecule has 1 aromatic carbocycles. The summed E-state index contributed by atoms with van der Waals surface area (Å²) in [4.78, 5) is 0. The molecule has 2 rings (SSSR count). The van der Waals surface area contributed by atoms with E-state index in [1.54, 1.807) is 7.11 Å². The summed E-state index contributed by atoms with van der Waals surface area (Å²) in [6.45, 7) is 2.40. The van der Waals surface area contributed by atoms with Crippen LogP contribution in [-0.2, 0) is 11.3 Å². The number of hydrogen-bond acceptors (Lipinski definition) is 4. The Hall–Kier alpha value is -1.10.